The van der Waals surface area contributed by atoms with Gasteiger partial charge in [-0.15, -0.1) is 0 Å². The largest absolute Gasteiger partial charge is 0.382 e. The topological polar surface area (TPSA) is 75.6 Å². The van der Waals surface area contributed by atoms with E-state index in [-0.39, 0.29) is 33.5 Å². The standard InChI is InChI=1S/C17H8Cl2F2N4/c18-8-1-3-10(13(19)5-8)15-12(7-22)16(23)25-17(24-15)11-4-2-9(20)6-14(11)21/h1-6H,(H2,23,24,25). The van der Waals surface area contributed by atoms with Crippen molar-refractivity contribution in [2.45, 2.75) is 0 Å². The van der Waals surface area contributed by atoms with E-state index in [1.807, 2.05) is 6.07 Å². The molecular formula is C17H8Cl2F2N4. The summed E-state index contributed by atoms with van der Waals surface area (Å²) in [4.78, 5) is 8.17. The molecule has 2 N–H and O–H groups in total. The molecule has 2 aromatic carbocycles. The third-order valence-electron chi connectivity index (χ3n) is 3.41. The van der Waals surface area contributed by atoms with Gasteiger partial charge in [0.1, 0.15) is 29.1 Å². The smallest absolute Gasteiger partial charge is 0.165 e. The Morgan fingerprint density at radius 3 is 2.36 bits per heavy atom. The monoisotopic (exact) mass is 376 g/mol. The molecule has 3 rings (SSSR count). The number of aromatic nitrogens is 2. The van der Waals surface area contributed by atoms with Gasteiger partial charge in [0.15, 0.2) is 5.82 Å². The molecule has 0 amide bonds. The second-order valence-electron chi connectivity index (χ2n) is 5.02. The molecule has 0 aliphatic heterocycles. The molecule has 8 heteroatoms. The first-order valence-corrected chi connectivity index (χ1v) is 7.64. The van der Waals surface area contributed by atoms with E-state index in [0.29, 0.717) is 16.7 Å². The average Bonchev–Trinajstić information content (AvgIpc) is 2.54. The molecule has 0 unspecified atom stereocenters. The quantitative estimate of drug-likeness (QED) is 0.693. The van der Waals surface area contributed by atoms with Crippen molar-refractivity contribution in [3.05, 3.63) is 63.6 Å². The molecule has 0 aliphatic carbocycles. The molecule has 0 spiro atoms. The molecule has 0 fully saturated rings. The number of anilines is 1. The van der Waals surface area contributed by atoms with E-state index in [2.05, 4.69) is 9.97 Å². The van der Waals surface area contributed by atoms with Crippen molar-refractivity contribution in [1.29, 1.82) is 5.26 Å². The minimum Gasteiger partial charge on any atom is -0.382 e. The van der Waals surface area contributed by atoms with E-state index >= 15 is 0 Å². The normalized spacial score (nSPS) is 10.5. The van der Waals surface area contributed by atoms with E-state index in [0.717, 1.165) is 6.07 Å². The van der Waals surface area contributed by atoms with Gasteiger partial charge < -0.3 is 5.73 Å². The van der Waals surface area contributed by atoms with Gasteiger partial charge in [0.2, 0.25) is 0 Å². The third-order valence-corrected chi connectivity index (χ3v) is 3.95. The molecule has 1 heterocycles. The van der Waals surface area contributed by atoms with Crippen molar-refractivity contribution in [1.82, 2.24) is 9.97 Å². The van der Waals surface area contributed by atoms with Gasteiger partial charge in [-0.3, -0.25) is 0 Å². The van der Waals surface area contributed by atoms with Gasteiger partial charge >= 0.3 is 0 Å². The zero-order chi connectivity index (χ0) is 18.1. The van der Waals surface area contributed by atoms with Crippen LogP contribution in [-0.2, 0) is 0 Å². The fourth-order valence-electron chi connectivity index (χ4n) is 2.26. The fraction of sp³-hybridized carbons (Fsp3) is 0. The van der Waals surface area contributed by atoms with Crippen molar-refractivity contribution >= 4 is 29.0 Å². The summed E-state index contributed by atoms with van der Waals surface area (Å²) in [7, 11) is 0. The Balaban J connectivity index is 2.28. The molecule has 1 aromatic heterocycles. The van der Waals surface area contributed by atoms with Crippen molar-refractivity contribution in [3.8, 4) is 28.7 Å². The highest BCUT2D eigenvalue weighted by atomic mass is 35.5. The van der Waals surface area contributed by atoms with Crippen LogP contribution in [0.5, 0.6) is 0 Å². The molecule has 0 bridgehead atoms. The van der Waals surface area contributed by atoms with Crippen LogP contribution in [0.4, 0.5) is 14.6 Å². The minimum atomic E-state index is -0.850. The Morgan fingerprint density at radius 2 is 1.72 bits per heavy atom. The van der Waals surface area contributed by atoms with Crippen molar-refractivity contribution < 1.29 is 8.78 Å². The van der Waals surface area contributed by atoms with Gasteiger partial charge in [0.25, 0.3) is 0 Å². The number of nitrogens with zero attached hydrogens (tertiary/aromatic N) is 3. The first kappa shape index (κ1) is 17.1. The van der Waals surface area contributed by atoms with E-state index in [4.69, 9.17) is 28.9 Å². The molecule has 0 aliphatic rings. The Morgan fingerprint density at radius 1 is 1.00 bits per heavy atom. The predicted octanol–water partition coefficient (Wildman–Crippen LogP) is 4.85. The van der Waals surface area contributed by atoms with Crippen LogP contribution in [0, 0.1) is 23.0 Å². The van der Waals surface area contributed by atoms with E-state index < -0.39 is 11.6 Å². The van der Waals surface area contributed by atoms with Gasteiger partial charge in [0, 0.05) is 16.7 Å². The molecule has 3 aromatic rings. The highest BCUT2D eigenvalue weighted by Gasteiger charge is 2.19. The Bertz CT molecular complexity index is 1030. The molecule has 0 saturated carbocycles. The molecule has 0 atom stereocenters. The van der Waals surface area contributed by atoms with Gasteiger partial charge in [-0.1, -0.05) is 23.2 Å². The Labute approximate surface area is 151 Å². The lowest BCUT2D eigenvalue weighted by atomic mass is 10.1. The Hall–Kier alpha value is -2.75. The number of nitrogens with two attached hydrogens (primary N) is 1. The van der Waals surface area contributed by atoms with Gasteiger partial charge in [-0.25, -0.2) is 18.7 Å². The summed E-state index contributed by atoms with van der Waals surface area (Å²) >= 11 is 12.1. The van der Waals surface area contributed by atoms with Crippen LogP contribution in [0.1, 0.15) is 5.56 Å². The summed E-state index contributed by atoms with van der Waals surface area (Å²) in [5, 5.41) is 10.0. The van der Waals surface area contributed by atoms with Crippen LogP contribution in [0.15, 0.2) is 36.4 Å². The second kappa shape index (κ2) is 6.63. The van der Waals surface area contributed by atoms with Crippen LogP contribution >= 0.6 is 23.2 Å². The summed E-state index contributed by atoms with van der Waals surface area (Å²) in [6.07, 6.45) is 0. The van der Waals surface area contributed by atoms with E-state index in [1.54, 1.807) is 12.1 Å². The summed E-state index contributed by atoms with van der Waals surface area (Å²) in [5.41, 5.74) is 6.30. The van der Waals surface area contributed by atoms with Crippen LogP contribution in [0.2, 0.25) is 10.0 Å². The molecule has 4 nitrogen and oxygen atoms in total. The molecule has 124 valence electrons. The second-order valence-corrected chi connectivity index (χ2v) is 5.86. The van der Waals surface area contributed by atoms with E-state index in [1.165, 1.54) is 12.1 Å². The minimum absolute atomic E-state index is 0.00417. The number of benzene rings is 2. The molecular weight excluding hydrogens is 369 g/mol. The maximum absolute atomic E-state index is 14.0. The summed E-state index contributed by atoms with van der Waals surface area (Å²) in [6, 6.07) is 9.51. The zero-order valence-electron chi connectivity index (χ0n) is 12.4. The van der Waals surface area contributed by atoms with Crippen molar-refractivity contribution in [3.63, 3.8) is 0 Å². The first-order chi connectivity index (χ1) is 11.9. The number of hydrogen-bond acceptors (Lipinski definition) is 4. The predicted molar refractivity (Wildman–Crippen MR) is 92.0 cm³/mol. The van der Waals surface area contributed by atoms with Gasteiger partial charge in [-0.2, -0.15) is 5.26 Å². The van der Waals surface area contributed by atoms with Crippen LogP contribution in [-0.4, -0.2) is 9.97 Å². The van der Waals surface area contributed by atoms with Gasteiger partial charge in [0.05, 0.1) is 16.3 Å². The zero-order valence-corrected chi connectivity index (χ0v) is 13.9. The lowest BCUT2D eigenvalue weighted by Crippen LogP contribution is -2.04. The summed E-state index contributed by atoms with van der Waals surface area (Å²) in [6.45, 7) is 0. The summed E-state index contributed by atoms with van der Waals surface area (Å²) < 4.78 is 27.2. The van der Waals surface area contributed by atoms with Crippen molar-refractivity contribution in [2.24, 2.45) is 0 Å². The maximum atomic E-state index is 14.0. The van der Waals surface area contributed by atoms with Crippen LogP contribution in [0.3, 0.4) is 0 Å². The van der Waals surface area contributed by atoms with E-state index in [9.17, 15) is 14.0 Å². The van der Waals surface area contributed by atoms with Gasteiger partial charge in [-0.05, 0) is 30.3 Å². The highest BCUT2D eigenvalue weighted by Crippen LogP contribution is 2.34. The van der Waals surface area contributed by atoms with Crippen LogP contribution < -0.4 is 5.73 Å². The number of nitrogen functional groups attached to an aromatic ring is 1. The first-order valence-electron chi connectivity index (χ1n) is 6.89. The molecule has 0 radical (unpaired) electrons. The van der Waals surface area contributed by atoms with Crippen LogP contribution in [0.25, 0.3) is 22.6 Å². The number of halogens is 4. The SMILES string of the molecule is N#Cc1c(N)nc(-c2ccc(F)cc2F)nc1-c1ccc(Cl)cc1Cl. The Kier molecular flexibility index (Phi) is 4.53. The number of hydrogen-bond donors (Lipinski definition) is 1. The fourth-order valence-corrected chi connectivity index (χ4v) is 2.75. The molecule has 25 heavy (non-hydrogen) atoms. The molecule has 0 saturated heterocycles. The number of rotatable bonds is 2. The summed E-state index contributed by atoms with van der Waals surface area (Å²) in [5.74, 6) is -1.81. The maximum Gasteiger partial charge on any atom is 0.165 e. The van der Waals surface area contributed by atoms with Crippen molar-refractivity contribution in [2.75, 3.05) is 5.73 Å². The lowest BCUT2D eigenvalue weighted by Gasteiger charge is -2.11. The average molecular weight is 377 g/mol. The third kappa shape index (κ3) is 3.25. The lowest BCUT2D eigenvalue weighted by molar-refractivity contribution is 0.585. The highest BCUT2D eigenvalue weighted by molar-refractivity contribution is 6.36. The number of nitriles is 1.